The Morgan fingerprint density at radius 1 is 1.21 bits per heavy atom. The Balaban J connectivity index is 1.46. The number of nitrogens with zero attached hydrogens (tertiary/aromatic N) is 4. The number of H-pyrrole nitrogens is 1. The summed E-state index contributed by atoms with van der Waals surface area (Å²) >= 11 is 0. The van der Waals surface area contributed by atoms with Gasteiger partial charge >= 0.3 is 6.01 Å². The van der Waals surface area contributed by atoms with Gasteiger partial charge < -0.3 is 20.1 Å². The van der Waals surface area contributed by atoms with Crippen LogP contribution in [0.15, 0.2) is 24.5 Å². The number of hydrogen-bond donors (Lipinski definition) is 3. The summed E-state index contributed by atoms with van der Waals surface area (Å²) in [4.78, 5) is 21.0. The zero-order valence-corrected chi connectivity index (χ0v) is 18.5. The Bertz CT molecular complexity index is 1360. The molecule has 2 fully saturated rings. The summed E-state index contributed by atoms with van der Waals surface area (Å²) in [6.45, 7) is 1.60. The van der Waals surface area contributed by atoms with Crippen LogP contribution in [0.4, 0.5) is 10.1 Å². The first-order valence-electron chi connectivity index (χ1n) is 11.3. The molecule has 6 rings (SSSR count). The highest BCUT2D eigenvalue weighted by molar-refractivity contribution is 6.11. The number of aromatic amines is 1. The maximum atomic E-state index is 14.4. The van der Waals surface area contributed by atoms with Crippen LogP contribution in [-0.4, -0.2) is 37.1 Å². The molecule has 0 saturated heterocycles. The molecule has 170 valence electrons. The first-order chi connectivity index (χ1) is 15.9. The molecular weight excluding hydrogens is 423 g/mol. The monoisotopic (exact) mass is 448 g/mol. The lowest BCUT2D eigenvalue weighted by molar-refractivity contribution is 0.00799. The number of halogens is 1. The number of hydrogen-bond acceptors (Lipinski definition) is 7. The number of aliphatic hydroxyl groups is 1. The summed E-state index contributed by atoms with van der Waals surface area (Å²) in [6, 6.07) is 3.21. The van der Waals surface area contributed by atoms with E-state index in [0.29, 0.717) is 28.3 Å². The topological polar surface area (TPSA) is 109 Å². The minimum atomic E-state index is -0.760. The van der Waals surface area contributed by atoms with Crippen molar-refractivity contribution < 1.29 is 14.2 Å². The molecule has 1 spiro atoms. The fourth-order valence-corrected chi connectivity index (χ4v) is 5.37. The minimum Gasteiger partial charge on any atom is -0.421 e. The molecule has 2 saturated carbocycles. The highest BCUT2D eigenvalue weighted by Gasteiger charge is 2.49. The molecule has 2 aliphatic carbocycles. The van der Waals surface area contributed by atoms with Crippen LogP contribution in [0.3, 0.4) is 0 Å². The summed E-state index contributed by atoms with van der Waals surface area (Å²) in [7, 11) is 1.77. The van der Waals surface area contributed by atoms with E-state index in [1.54, 1.807) is 20.0 Å². The summed E-state index contributed by atoms with van der Waals surface area (Å²) in [5.74, 6) is 0.675. The van der Waals surface area contributed by atoms with E-state index in [1.807, 2.05) is 0 Å². The van der Waals surface area contributed by atoms with Gasteiger partial charge in [0.25, 0.3) is 0 Å². The van der Waals surface area contributed by atoms with Gasteiger partial charge in [-0.1, -0.05) is 6.42 Å². The van der Waals surface area contributed by atoms with Gasteiger partial charge in [-0.2, -0.15) is 9.97 Å². The van der Waals surface area contributed by atoms with E-state index in [0.717, 1.165) is 34.8 Å². The molecule has 9 heteroatoms. The lowest BCUT2D eigenvalue weighted by Crippen LogP contribution is -2.41. The number of aromatic nitrogens is 5. The van der Waals surface area contributed by atoms with Gasteiger partial charge in [-0.3, -0.25) is 0 Å². The van der Waals surface area contributed by atoms with E-state index < -0.39 is 6.10 Å². The van der Waals surface area contributed by atoms with Crippen LogP contribution < -0.4 is 10.1 Å². The highest BCUT2D eigenvalue weighted by atomic mass is 19.1. The molecule has 0 aliphatic heterocycles. The molecule has 1 atom stereocenters. The van der Waals surface area contributed by atoms with E-state index in [1.165, 1.54) is 37.7 Å². The van der Waals surface area contributed by atoms with E-state index in [2.05, 4.69) is 25.3 Å². The number of anilines is 1. The van der Waals surface area contributed by atoms with Gasteiger partial charge in [0, 0.05) is 23.7 Å². The Morgan fingerprint density at radius 2 is 1.97 bits per heavy atom. The fraction of sp³-hybridized carbons (Fsp3) is 0.417. The van der Waals surface area contributed by atoms with Gasteiger partial charge in [-0.15, -0.1) is 0 Å². The van der Waals surface area contributed by atoms with Gasteiger partial charge in [-0.05, 0) is 50.2 Å². The number of benzene rings is 1. The number of ether oxygens (including phenoxy) is 1. The van der Waals surface area contributed by atoms with Crippen molar-refractivity contribution in [2.24, 2.45) is 5.41 Å². The molecule has 1 aromatic carbocycles. The Hall–Kier alpha value is -3.33. The van der Waals surface area contributed by atoms with Crippen LogP contribution in [0.2, 0.25) is 0 Å². The third kappa shape index (κ3) is 3.30. The molecule has 0 amide bonds. The summed E-state index contributed by atoms with van der Waals surface area (Å²) in [5, 5.41) is 14.3. The molecule has 8 nitrogen and oxygen atoms in total. The van der Waals surface area contributed by atoms with Crippen molar-refractivity contribution in [3.05, 3.63) is 41.9 Å². The number of rotatable bonds is 5. The largest absolute Gasteiger partial charge is 0.421 e. The molecular formula is C24H25FN6O2. The quantitative estimate of drug-likeness (QED) is 0.395. The van der Waals surface area contributed by atoms with Gasteiger partial charge in [0.05, 0.1) is 29.3 Å². The average molecular weight is 449 g/mol. The number of nitrogens with one attached hydrogen (secondary N) is 2. The highest BCUT2D eigenvalue weighted by Crippen LogP contribution is 2.62. The van der Waals surface area contributed by atoms with Gasteiger partial charge in [0.2, 0.25) is 0 Å². The number of aliphatic hydroxyl groups excluding tert-OH is 1. The molecule has 0 bridgehead atoms. The van der Waals surface area contributed by atoms with Crippen molar-refractivity contribution in [1.29, 1.82) is 0 Å². The maximum absolute atomic E-state index is 14.4. The van der Waals surface area contributed by atoms with Gasteiger partial charge in [0.15, 0.2) is 11.6 Å². The van der Waals surface area contributed by atoms with Crippen molar-refractivity contribution in [2.45, 2.75) is 51.0 Å². The van der Waals surface area contributed by atoms with Crippen LogP contribution in [0.1, 0.15) is 62.6 Å². The normalized spacial score (nSPS) is 18.3. The van der Waals surface area contributed by atoms with Crippen LogP contribution >= 0.6 is 0 Å². The fourth-order valence-electron chi connectivity index (χ4n) is 5.37. The predicted octanol–water partition coefficient (Wildman–Crippen LogP) is 4.98. The Morgan fingerprint density at radius 3 is 2.61 bits per heavy atom. The zero-order valence-electron chi connectivity index (χ0n) is 18.5. The Labute approximate surface area is 189 Å². The standard InChI is InChI=1S/C24H25FN6O2/c1-12(32)21-27-10-15(11-28-21)33-23-30-19(13-8-24(9-13)4-3-5-24)18-16-6-14(25)7-17(26-2)20(16)29-22(18)31-23/h6-7,10-13,26,32H,3-5,8-9H2,1-2H3,(H,29,30,31). The lowest BCUT2D eigenvalue weighted by atomic mass is 9.51. The maximum Gasteiger partial charge on any atom is 0.324 e. The van der Waals surface area contributed by atoms with Crippen molar-refractivity contribution >= 4 is 27.6 Å². The lowest BCUT2D eigenvalue weighted by Gasteiger charge is -2.54. The smallest absolute Gasteiger partial charge is 0.324 e. The Kier molecular flexibility index (Phi) is 4.52. The average Bonchev–Trinajstić information content (AvgIpc) is 3.09. The molecule has 0 radical (unpaired) electrons. The van der Waals surface area contributed by atoms with Crippen LogP contribution in [0, 0.1) is 11.2 Å². The predicted molar refractivity (Wildman–Crippen MR) is 122 cm³/mol. The van der Waals surface area contributed by atoms with Crippen LogP contribution in [0.25, 0.3) is 21.9 Å². The molecule has 3 heterocycles. The molecule has 3 N–H and O–H groups in total. The SMILES string of the molecule is CNc1cc(F)cc2c1[nH]c1nc(Oc3cnc(C(C)O)nc3)nc(C3CC4(CCC4)C3)c12. The van der Waals surface area contributed by atoms with Crippen LogP contribution in [-0.2, 0) is 0 Å². The van der Waals surface area contributed by atoms with E-state index in [4.69, 9.17) is 9.72 Å². The first-order valence-corrected chi connectivity index (χ1v) is 11.3. The summed E-state index contributed by atoms with van der Waals surface area (Å²) in [5.41, 5.74) is 3.43. The van der Waals surface area contributed by atoms with Crippen LogP contribution in [0.5, 0.6) is 11.8 Å². The van der Waals surface area contributed by atoms with Crippen molar-refractivity contribution in [3.8, 4) is 11.8 Å². The van der Waals surface area contributed by atoms with E-state index in [-0.39, 0.29) is 17.7 Å². The van der Waals surface area contributed by atoms with Gasteiger partial charge in [-0.25, -0.2) is 14.4 Å². The second-order valence-corrected chi connectivity index (χ2v) is 9.38. The number of fused-ring (bicyclic) bond motifs is 3. The summed E-state index contributed by atoms with van der Waals surface area (Å²) < 4.78 is 20.3. The van der Waals surface area contributed by atoms with Crippen molar-refractivity contribution in [2.75, 3.05) is 12.4 Å². The second kappa shape index (κ2) is 7.34. The van der Waals surface area contributed by atoms with Crippen molar-refractivity contribution in [1.82, 2.24) is 24.9 Å². The molecule has 4 aromatic rings. The van der Waals surface area contributed by atoms with E-state index in [9.17, 15) is 9.50 Å². The van der Waals surface area contributed by atoms with Crippen molar-refractivity contribution in [3.63, 3.8) is 0 Å². The molecule has 33 heavy (non-hydrogen) atoms. The molecule has 1 unspecified atom stereocenters. The molecule has 2 aliphatic rings. The first kappa shape index (κ1) is 20.3. The third-order valence-corrected chi connectivity index (χ3v) is 7.19. The second-order valence-electron chi connectivity index (χ2n) is 9.38. The third-order valence-electron chi connectivity index (χ3n) is 7.19. The minimum absolute atomic E-state index is 0.193. The zero-order chi connectivity index (χ0) is 22.7. The summed E-state index contributed by atoms with van der Waals surface area (Å²) in [6.07, 6.45) is 8.26. The molecule has 3 aromatic heterocycles. The van der Waals surface area contributed by atoms with Gasteiger partial charge in [0.1, 0.15) is 17.6 Å². The van der Waals surface area contributed by atoms with E-state index >= 15 is 0 Å².